The molecule has 2 rings (SSSR count). The number of rotatable bonds is 2. The van der Waals surface area contributed by atoms with Gasteiger partial charge in [0.15, 0.2) is 0 Å². The summed E-state index contributed by atoms with van der Waals surface area (Å²) < 4.78 is 0. The predicted octanol–water partition coefficient (Wildman–Crippen LogP) is 4.61. The monoisotopic (exact) mass is 342 g/mol. The molecule has 0 aliphatic rings. The van der Waals surface area contributed by atoms with Gasteiger partial charge in [-0.1, -0.05) is 46.9 Å². The number of hydrogen-bond donors (Lipinski definition) is 2. The Morgan fingerprint density at radius 2 is 1.52 bits per heavy atom. The van der Waals surface area contributed by atoms with Gasteiger partial charge < -0.3 is 5.32 Å². The molecule has 108 valence electrons. The van der Waals surface area contributed by atoms with Gasteiger partial charge in [-0.2, -0.15) is 0 Å². The molecule has 0 aliphatic heterocycles. The first-order chi connectivity index (χ1) is 9.97. The molecule has 0 saturated heterocycles. The molecule has 0 aliphatic carbocycles. The fourth-order valence-electron chi connectivity index (χ4n) is 1.61. The number of halogens is 3. The van der Waals surface area contributed by atoms with Crippen LogP contribution in [0.5, 0.6) is 0 Å². The standard InChI is InChI=1S/C14H9Cl3N2O2/c15-8-3-1-4-9(7-8)18-14(21)19-13(20)12-10(16)5-2-6-11(12)17/h1-7H,(H2,18,19,20,21). The van der Waals surface area contributed by atoms with Crippen LogP contribution in [0.15, 0.2) is 42.5 Å². The lowest BCUT2D eigenvalue weighted by Crippen LogP contribution is -2.34. The van der Waals surface area contributed by atoms with Crippen LogP contribution in [0.25, 0.3) is 0 Å². The number of amides is 3. The van der Waals surface area contributed by atoms with Crippen molar-refractivity contribution in [1.29, 1.82) is 0 Å². The van der Waals surface area contributed by atoms with Gasteiger partial charge in [-0.05, 0) is 30.3 Å². The molecular formula is C14H9Cl3N2O2. The minimum atomic E-state index is -0.710. The van der Waals surface area contributed by atoms with E-state index in [-0.39, 0.29) is 15.6 Å². The molecule has 0 bridgehead atoms. The van der Waals surface area contributed by atoms with E-state index in [9.17, 15) is 9.59 Å². The number of carbonyl (C=O) groups is 2. The highest BCUT2D eigenvalue weighted by Gasteiger charge is 2.17. The Kier molecular flexibility index (Phi) is 5.07. The van der Waals surface area contributed by atoms with Crippen LogP contribution < -0.4 is 10.6 Å². The first-order valence-electron chi connectivity index (χ1n) is 5.79. The van der Waals surface area contributed by atoms with Crippen LogP contribution in [-0.4, -0.2) is 11.9 Å². The van der Waals surface area contributed by atoms with Crippen molar-refractivity contribution in [2.24, 2.45) is 0 Å². The maximum Gasteiger partial charge on any atom is 0.326 e. The molecule has 2 N–H and O–H groups in total. The van der Waals surface area contributed by atoms with Gasteiger partial charge in [-0.15, -0.1) is 0 Å². The van der Waals surface area contributed by atoms with Crippen LogP contribution >= 0.6 is 34.8 Å². The molecule has 3 amide bonds. The number of imide groups is 1. The van der Waals surface area contributed by atoms with E-state index >= 15 is 0 Å². The molecule has 0 aromatic heterocycles. The van der Waals surface area contributed by atoms with Gasteiger partial charge in [-0.25, -0.2) is 4.79 Å². The molecular weight excluding hydrogens is 335 g/mol. The molecule has 0 fully saturated rings. The lowest BCUT2D eigenvalue weighted by molar-refractivity contribution is 0.0967. The van der Waals surface area contributed by atoms with Crippen molar-refractivity contribution in [1.82, 2.24) is 5.32 Å². The van der Waals surface area contributed by atoms with E-state index < -0.39 is 11.9 Å². The summed E-state index contributed by atoms with van der Waals surface area (Å²) in [6.45, 7) is 0. The fraction of sp³-hybridized carbons (Fsp3) is 0. The summed E-state index contributed by atoms with van der Waals surface area (Å²) in [6.07, 6.45) is 0. The number of carbonyl (C=O) groups excluding carboxylic acids is 2. The van der Waals surface area contributed by atoms with Gasteiger partial charge >= 0.3 is 6.03 Å². The first kappa shape index (κ1) is 15.6. The third-order valence-corrected chi connectivity index (χ3v) is 3.36. The summed E-state index contributed by atoms with van der Waals surface area (Å²) >= 11 is 17.6. The smallest absolute Gasteiger partial charge is 0.308 e. The summed E-state index contributed by atoms with van der Waals surface area (Å²) in [6, 6.07) is 10.4. The summed E-state index contributed by atoms with van der Waals surface area (Å²) in [5, 5.41) is 5.42. The molecule has 0 radical (unpaired) electrons. The molecule has 0 unspecified atom stereocenters. The molecule has 0 heterocycles. The van der Waals surface area contributed by atoms with Crippen LogP contribution in [0.3, 0.4) is 0 Å². The number of hydrogen-bond acceptors (Lipinski definition) is 2. The Morgan fingerprint density at radius 3 is 2.14 bits per heavy atom. The first-order valence-corrected chi connectivity index (χ1v) is 6.92. The molecule has 2 aromatic carbocycles. The van der Waals surface area contributed by atoms with Crippen molar-refractivity contribution in [3.05, 3.63) is 63.1 Å². The highest BCUT2D eigenvalue weighted by molar-refractivity contribution is 6.40. The second-order valence-corrected chi connectivity index (χ2v) is 5.27. The van der Waals surface area contributed by atoms with Crippen LogP contribution in [0.4, 0.5) is 10.5 Å². The number of anilines is 1. The topological polar surface area (TPSA) is 58.2 Å². The van der Waals surface area contributed by atoms with E-state index in [1.54, 1.807) is 30.3 Å². The number of urea groups is 1. The Bertz CT molecular complexity index is 684. The van der Waals surface area contributed by atoms with Crippen LogP contribution in [0.1, 0.15) is 10.4 Å². The molecule has 0 atom stereocenters. The normalized spacial score (nSPS) is 10.0. The maximum atomic E-state index is 12.0. The van der Waals surface area contributed by atoms with Gasteiger partial charge in [0, 0.05) is 10.7 Å². The highest BCUT2D eigenvalue weighted by atomic mass is 35.5. The van der Waals surface area contributed by atoms with Gasteiger partial charge in [0.25, 0.3) is 5.91 Å². The zero-order valence-corrected chi connectivity index (χ0v) is 12.8. The average Bonchev–Trinajstić information content (AvgIpc) is 2.38. The summed E-state index contributed by atoms with van der Waals surface area (Å²) in [7, 11) is 0. The Labute approximate surface area is 136 Å². The van der Waals surface area contributed by atoms with Gasteiger partial charge in [0.1, 0.15) is 0 Å². The number of benzene rings is 2. The second-order valence-electron chi connectivity index (χ2n) is 4.02. The van der Waals surface area contributed by atoms with E-state index in [1.165, 1.54) is 12.1 Å². The molecule has 0 saturated carbocycles. The average molecular weight is 344 g/mol. The van der Waals surface area contributed by atoms with Crippen LogP contribution in [-0.2, 0) is 0 Å². The predicted molar refractivity (Wildman–Crippen MR) is 84.4 cm³/mol. The van der Waals surface area contributed by atoms with Crippen molar-refractivity contribution in [2.45, 2.75) is 0 Å². The molecule has 21 heavy (non-hydrogen) atoms. The van der Waals surface area contributed by atoms with E-state index in [4.69, 9.17) is 34.8 Å². The summed E-state index contributed by atoms with van der Waals surface area (Å²) in [5.41, 5.74) is 0.500. The zero-order chi connectivity index (χ0) is 15.4. The third kappa shape index (κ3) is 4.11. The van der Waals surface area contributed by atoms with E-state index in [0.717, 1.165) is 0 Å². The zero-order valence-electron chi connectivity index (χ0n) is 10.5. The Morgan fingerprint density at radius 1 is 0.905 bits per heavy atom. The van der Waals surface area contributed by atoms with Gasteiger partial charge in [-0.3, -0.25) is 10.1 Å². The van der Waals surface area contributed by atoms with Crippen molar-refractivity contribution in [2.75, 3.05) is 5.32 Å². The molecule has 4 nitrogen and oxygen atoms in total. The van der Waals surface area contributed by atoms with Gasteiger partial charge in [0.2, 0.25) is 0 Å². The minimum absolute atomic E-state index is 0.0436. The molecule has 7 heteroatoms. The number of nitrogens with one attached hydrogen (secondary N) is 2. The van der Waals surface area contributed by atoms with E-state index in [2.05, 4.69) is 10.6 Å². The minimum Gasteiger partial charge on any atom is -0.308 e. The van der Waals surface area contributed by atoms with Crippen LogP contribution in [0, 0.1) is 0 Å². The quantitative estimate of drug-likeness (QED) is 0.836. The SMILES string of the molecule is O=C(NC(=O)c1c(Cl)cccc1Cl)Nc1cccc(Cl)c1. The lowest BCUT2D eigenvalue weighted by Gasteiger charge is -2.09. The Balaban J connectivity index is 2.08. The third-order valence-electron chi connectivity index (χ3n) is 2.50. The second kappa shape index (κ2) is 6.80. The van der Waals surface area contributed by atoms with Crippen molar-refractivity contribution < 1.29 is 9.59 Å². The Hall–Kier alpha value is -1.75. The largest absolute Gasteiger partial charge is 0.326 e. The summed E-state index contributed by atoms with van der Waals surface area (Å²) in [4.78, 5) is 23.7. The van der Waals surface area contributed by atoms with Crippen molar-refractivity contribution in [3.8, 4) is 0 Å². The van der Waals surface area contributed by atoms with E-state index in [1.807, 2.05) is 0 Å². The highest BCUT2D eigenvalue weighted by Crippen LogP contribution is 2.24. The lowest BCUT2D eigenvalue weighted by atomic mass is 10.2. The van der Waals surface area contributed by atoms with Crippen molar-refractivity contribution >= 4 is 52.4 Å². The molecule has 2 aromatic rings. The fourth-order valence-corrected chi connectivity index (χ4v) is 2.37. The molecule has 0 spiro atoms. The van der Waals surface area contributed by atoms with Gasteiger partial charge in [0.05, 0.1) is 15.6 Å². The maximum absolute atomic E-state index is 12.0. The van der Waals surface area contributed by atoms with Crippen molar-refractivity contribution in [3.63, 3.8) is 0 Å². The van der Waals surface area contributed by atoms with E-state index in [0.29, 0.717) is 10.7 Å². The summed E-state index contributed by atoms with van der Waals surface area (Å²) in [5.74, 6) is -0.690. The van der Waals surface area contributed by atoms with Crippen LogP contribution in [0.2, 0.25) is 15.1 Å².